The van der Waals surface area contributed by atoms with Crippen LogP contribution in [0.3, 0.4) is 0 Å². The number of pyridine rings is 1. The van der Waals surface area contributed by atoms with Gasteiger partial charge in [-0.2, -0.15) is 0 Å². The van der Waals surface area contributed by atoms with Crippen molar-refractivity contribution >= 4 is 16.8 Å². The number of nitrogens with two attached hydrogens (primary N) is 1. The Labute approximate surface area is 123 Å². The van der Waals surface area contributed by atoms with E-state index in [2.05, 4.69) is 10.3 Å². The first-order valence-corrected chi connectivity index (χ1v) is 7.17. The van der Waals surface area contributed by atoms with Gasteiger partial charge in [0.25, 0.3) is 0 Å². The number of carbonyl (C=O) groups excluding carboxylic acids is 1. The van der Waals surface area contributed by atoms with E-state index in [4.69, 9.17) is 10.5 Å². The Morgan fingerprint density at radius 1 is 1.38 bits per heavy atom. The molecule has 1 aromatic heterocycles. The number of hydrogen-bond acceptors (Lipinski definition) is 4. The molecule has 5 heteroatoms. The molecule has 21 heavy (non-hydrogen) atoms. The second kappa shape index (κ2) is 5.79. The minimum atomic E-state index is -0.864. The molecule has 1 unspecified atom stereocenters. The summed E-state index contributed by atoms with van der Waals surface area (Å²) in [5.74, 6) is -0.131. The highest BCUT2D eigenvalue weighted by Gasteiger charge is 2.37. The number of benzene rings is 1. The number of fused-ring (bicyclic) bond motifs is 1. The van der Waals surface area contributed by atoms with E-state index in [1.165, 1.54) is 0 Å². The monoisotopic (exact) mass is 285 g/mol. The second-order valence-electron chi connectivity index (χ2n) is 5.46. The summed E-state index contributed by atoms with van der Waals surface area (Å²) >= 11 is 0. The summed E-state index contributed by atoms with van der Waals surface area (Å²) in [5.41, 5.74) is 7.27. The molecule has 1 fully saturated rings. The zero-order chi connectivity index (χ0) is 14.7. The van der Waals surface area contributed by atoms with Gasteiger partial charge in [-0.1, -0.05) is 24.3 Å². The quantitative estimate of drug-likeness (QED) is 0.879. The van der Waals surface area contributed by atoms with Crippen molar-refractivity contribution in [1.29, 1.82) is 0 Å². The third kappa shape index (κ3) is 2.89. The number of aromatic nitrogens is 1. The van der Waals surface area contributed by atoms with E-state index in [1.54, 1.807) is 6.20 Å². The van der Waals surface area contributed by atoms with Crippen LogP contribution in [-0.2, 0) is 16.0 Å². The van der Waals surface area contributed by atoms with Crippen molar-refractivity contribution in [2.45, 2.75) is 18.4 Å². The summed E-state index contributed by atoms with van der Waals surface area (Å²) in [6.07, 6.45) is 3.10. The van der Waals surface area contributed by atoms with E-state index in [-0.39, 0.29) is 5.91 Å². The first-order chi connectivity index (χ1) is 10.2. The van der Waals surface area contributed by atoms with Gasteiger partial charge in [-0.15, -0.1) is 0 Å². The molecule has 1 aliphatic heterocycles. The molecule has 0 spiro atoms. The predicted molar refractivity (Wildman–Crippen MR) is 80.8 cm³/mol. The maximum atomic E-state index is 12.1. The average molecular weight is 285 g/mol. The van der Waals surface area contributed by atoms with Crippen LogP contribution in [0.25, 0.3) is 10.9 Å². The predicted octanol–water partition coefficient (Wildman–Crippen LogP) is 1.01. The lowest BCUT2D eigenvalue weighted by Gasteiger charge is -2.20. The lowest BCUT2D eigenvalue weighted by Crippen LogP contribution is -2.54. The topological polar surface area (TPSA) is 77.2 Å². The van der Waals surface area contributed by atoms with Gasteiger partial charge in [0.15, 0.2) is 0 Å². The number of nitrogens with zero attached hydrogens (tertiary/aromatic N) is 1. The van der Waals surface area contributed by atoms with Crippen LogP contribution in [0.15, 0.2) is 36.5 Å². The number of amides is 1. The lowest BCUT2D eigenvalue weighted by molar-refractivity contribution is -0.126. The molecule has 3 rings (SSSR count). The van der Waals surface area contributed by atoms with Gasteiger partial charge >= 0.3 is 0 Å². The number of hydrogen-bond donors (Lipinski definition) is 2. The minimum Gasteiger partial charge on any atom is -0.379 e. The molecular formula is C16H19N3O2. The van der Waals surface area contributed by atoms with Crippen LogP contribution in [0.1, 0.15) is 12.0 Å². The summed E-state index contributed by atoms with van der Waals surface area (Å²) in [5, 5.41) is 4.02. The standard InChI is InChI=1S/C16H19N3O2/c17-16(7-10-21-11-16)15(20)19-9-6-13-4-1-3-12-5-2-8-18-14(12)13/h1-5,8H,6-7,9-11,17H2,(H,19,20). The van der Waals surface area contributed by atoms with Crippen molar-refractivity contribution in [2.75, 3.05) is 19.8 Å². The van der Waals surface area contributed by atoms with E-state index >= 15 is 0 Å². The highest BCUT2D eigenvalue weighted by Crippen LogP contribution is 2.17. The van der Waals surface area contributed by atoms with Crippen LogP contribution in [-0.4, -0.2) is 36.2 Å². The first-order valence-electron chi connectivity index (χ1n) is 7.17. The Balaban J connectivity index is 1.63. The Hall–Kier alpha value is -1.98. The molecule has 2 aromatic rings. The Morgan fingerprint density at radius 2 is 2.24 bits per heavy atom. The maximum absolute atomic E-state index is 12.1. The van der Waals surface area contributed by atoms with Gasteiger partial charge in [0, 0.05) is 24.7 Å². The van der Waals surface area contributed by atoms with Crippen LogP contribution < -0.4 is 11.1 Å². The highest BCUT2D eigenvalue weighted by atomic mass is 16.5. The third-order valence-corrected chi connectivity index (χ3v) is 3.90. The summed E-state index contributed by atoms with van der Waals surface area (Å²) in [6.45, 7) is 1.40. The molecule has 0 saturated carbocycles. The van der Waals surface area contributed by atoms with Gasteiger partial charge in [0.2, 0.25) is 5.91 Å². The van der Waals surface area contributed by atoms with Crippen LogP contribution in [0.5, 0.6) is 0 Å². The van der Waals surface area contributed by atoms with E-state index < -0.39 is 5.54 Å². The van der Waals surface area contributed by atoms with E-state index in [0.717, 1.165) is 22.9 Å². The molecule has 1 aliphatic rings. The lowest BCUT2D eigenvalue weighted by atomic mass is 9.99. The zero-order valence-corrected chi connectivity index (χ0v) is 11.8. The Morgan fingerprint density at radius 3 is 3.05 bits per heavy atom. The zero-order valence-electron chi connectivity index (χ0n) is 11.8. The van der Waals surface area contributed by atoms with Crippen molar-refractivity contribution in [3.8, 4) is 0 Å². The number of ether oxygens (including phenoxy) is 1. The third-order valence-electron chi connectivity index (χ3n) is 3.90. The molecule has 5 nitrogen and oxygen atoms in total. The highest BCUT2D eigenvalue weighted by molar-refractivity contribution is 5.86. The molecule has 1 saturated heterocycles. The van der Waals surface area contributed by atoms with Gasteiger partial charge in [-0.3, -0.25) is 9.78 Å². The molecule has 0 aliphatic carbocycles. The second-order valence-corrected chi connectivity index (χ2v) is 5.46. The largest absolute Gasteiger partial charge is 0.379 e. The maximum Gasteiger partial charge on any atom is 0.242 e. The fraction of sp³-hybridized carbons (Fsp3) is 0.375. The van der Waals surface area contributed by atoms with Gasteiger partial charge in [0.05, 0.1) is 12.1 Å². The van der Waals surface area contributed by atoms with Crippen LogP contribution in [0.2, 0.25) is 0 Å². The van der Waals surface area contributed by atoms with E-state index in [0.29, 0.717) is 26.2 Å². The molecule has 3 N–H and O–H groups in total. The van der Waals surface area contributed by atoms with Gasteiger partial charge in [0.1, 0.15) is 5.54 Å². The minimum absolute atomic E-state index is 0.131. The van der Waals surface area contributed by atoms with Crippen molar-refractivity contribution < 1.29 is 9.53 Å². The van der Waals surface area contributed by atoms with Crippen molar-refractivity contribution in [2.24, 2.45) is 5.73 Å². The Bertz CT molecular complexity index is 646. The first kappa shape index (κ1) is 14.0. The summed E-state index contributed by atoms with van der Waals surface area (Å²) < 4.78 is 5.21. The van der Waals surface area contributed by atoms with Crippen LogP contribution in [0.4, 0.5) is 0 Å². The molecule has 0 bridgehead atoms. The molecule has 1 aromatic carbocycles. The smallest absolute Gasteiger partial charge is 0.242 e. The normalized spacial score (nSPS) is 21.6. The molecule has 2 heterocycles. The number of para-hydroxylation sites is 1. The number of rotatable bonds is 4. The Kier molecular flexibility index (Phi) is 3.86. The van der Waals surface area contributed by atoms with Crippen molar-refractivity contribution in [3.05, 3.63) is 42.1 Å². The van der Waals surface area contributed by atoms with E-state index in [9.17, 15) is 4.79 Å². The SMILES string of the molecule is NC1(C(=O)NCCc2cccc3cccnc23)CCOC1. The van der Waals surface area contributed by atoms with E-state index in [1.807, 2.05) is 30.3 Å². The van der Waals surface area contributed by atoms with Crippen molar-refractivity contribution in [3.63, 3.8) is 0 Å². The average Bonchev–Trinajstić information content (AvgIpc) is 2.95. The fourth-order valence-electron chi connectivity index (χ4n) is 2.62. The van der Waals surface area contributed by atoms with Crippen LogP contribution >= 0.6 is 0 Å². The van der Waals surface area contributed by atoms with Gasteiger partial charge in [-0.25, -0.2) is 0 Å². The molecule has 1 amide bonds. The molecule has 0 radical (unpaired) electrons. The molecule has 1 atom stereocenters. The summed E-state index contributed by atoms with van der Waals surface area (Å²) in [7, 11) is 0. The van der Waals surface area contributed by atoms with Crippen LogP contribution in [0, 0.1) is 0 Å². The summed E-state index contributed by atoms with van der Waals surface area (Å²) in [6, 6.07) is 10.0. The fourth-order valence-corrected chi connectivity index (χ4v) is 2.62. The molecular weight excluding hydrogens is 266 g/mol. The van der Waals surface area contributed by atoms with Gasteiger partial charge < -0.3 is 15.8 Å². The number of nitrogens with one attached hydrogen (secondary N) is 1. The molecule has 110 valence electrons. The summed E-state index contributed by atoms with van der Waals surface area (Å²) in [4.78, 5) is 16.5. The number of carbonyl (C=O) groups is 1. The van der Waals surface area contributed by atoms with Gasteiger partial charge in [-0.05, 0) is 24.5 Å². The van der Waals surface area contributed by atoms with Crippen molar-refractivity contribution in [1.82, 2.24) is 10.3 Å².